The zero-order chi connectivity index (χ0) is 11.4. The van der Waals surface area contributed by atoms with Gasteiger partial charge in [-0.2, -0.15) is 4.98 Å². The molecule has 0 saturated carbocycles. The van der Waals surface area contributed by atoms with E-state index in [0.29, 0.717) is 5.56 Å². The summed E-state index contributed by atoms with van der Waals surface area (Å²) >= 11 is 5.63. The van der Waals surface area contributed by atoms with Gasteiger partial charge in [0.2, 0.25) is 5.88 Å². The fraction of sp³-hybridized carbons (Fsp3) is 0.0909. The third kappa shape index (κ3) is 2.67. The predicted octanol–water partition coefficient (Wildman–Crippen LogP) is 2.85. The van der Waals surface area contributed by atoms with Crippen LogP contribution in [0.4, 0.5) is 4.39 Å². The number of halogens is 2. The molecule has 0 bridgehead atoms. The van der Waals surface area contributed by atoms with Gasteiger partial charge in [0, 0.05) is 5.56 Å². The molecule has 0 N–H and O–H groups in total. The summed E-state index contributed by atoms with van der Waals surface area (Å²) in [5.74, 6) is -0.0340. The number of rotatable bonds is 3. The van der Waals surface area contributed by atoms with Crippen molar-refractivity contribution < 1.29 is 9.13 Å². The lowest BCUT2D eigenvalue weighted by Gasteiger charge is -2.05. The van der Waals surface area contributed by atoms with E-state index in [1.807, 2.05) is 0 Å². The average molecular weight is 239 g/mol. The Hall–Kier alpha value is -1.68. The molecule has 0 aliphatic carbocycles. The minimum atomic E-state index is -0.308. The van der Waals surface area contributed by atoms with Crippen molar-refractivity contribution in [3.05, 3.63) is 53.2 Å². The first-order chi connectivity index (χ1) is 7.75. The molecule has 5 heteroatoms. The van der Waals surface area contributed by atoms with Crippen LogP contribution < -0.4 is 4.74 Å². The lowest BCUT2D eigenvalue weighted by molar-refractivity contribution is 0.287. The Morgan fingerprint density at radius 1 is 1.25 bits per heavy atom. The van der Waals surface area contributed by atoms with Crippen LogP contribution >= 0.6 is 11.6 Å². The molecular weight excluding hydrogens is 231 g/mol. The molecule has 0 saturated heterocycles. The fourth-order valence-corrected chi connectivity index (χ4v) is 1.30. The van der Waals surface area contributed by atoms with Gasteiger partial charge >= 0.3 is 0 Å². The Bertz CT molecular complexity index is 493. The van der Waals surface area contributed by atoms with Gasteiger partial charge < -0.3 is 4.74 Å². The lowest BCUT2D eigenvalue weighted by atomic mass is 10.2. The quantitative estimate of drug-likeness (QED) is 0.825. The zero-order valence-electron chi connectivity index (χ0n) is 8.23. The van der Waals surface area contributed by atoms with E-state index in [1.54, 1.807) is 18.2 Å². The predicted molar refractivity (Wildman–Crippen MR) is 57.8 cm³/mol. The Morgan fingerprint density at radius 2 is 2.06 bits per heavy atom. The number of aromatic nitrogens is 2. The van der Waals surface area contributed by atoms with E-state index in [9.17, 15) is 4.39 Å². The molecule has 1 aromatic carbocycles. The van der Waals surface area contributed by atoms with Crippen molar-refractivity contribution in [2.45, 2.75) is 6.61 Å². The van der Waals surface area contributed by atoms with Crippen LogP contribution in [0.3, 0.4) is 0 Å². The second-order valence-corrected chi connectivity index (χ2v) is 3.45. The van der Waals surface area contributed by atoms with Crippen LogP contribution in [0, 0.1) is 5.82 Å². The lowest BCUT2D eigenvalue weighted by Crippen LogP contribution is -2.00. The number of hydrogen-bond donors (Lipinski definition) is 0. The van der Waals surface area contributed by atoms with Crippen molar-refractivity contribution in [1.82, 2.24) is 9.97 Å². The third-order valence-corrected chi connectivity index (χ3v) is 2.10. The third-order valence-electron chi connectivity index (χ3n) is 1.92. The standard InChI is InChI=1S/C11H8ClFN2O/c12-10-5-14-6-11(15-10)16-7-8-3-1-2-4-9(8)13/h1-6H,7H2. The summed E-state index contributed by atoms with van der Waals surface area (Å²) in [7, 11) is 0. The zero-order valence-corrected chi connectivity index (χ0v) is 8.99. The maximum absolute atomic E-state index is 13.2. The summed E-state index contributed by atoms with van der Waals surface area (Å²) in [5, 5.41) is 0.242. The van der Waals surface area contributed by atoms with Crippen LogP contribution in [0.1, 0.15) is 5.56 Å². The molecule has 0 aliphatic heterocycles. The van der Waals surface area contributed by atoms with Gasteiger partial charge in [0.05, 0.1) is 12.4 Å². The van der Waals surface area contributed by atoms with Crippen molar-refractivity contribution in [3.63, 3.8) is 0 Å². The van der Waals surface area contributed by atoms with Crippen LogP contribution in [0.15, 0.2) is 36.7 Å². The molecule has 0 atom stereocenters. The number of nitrogens with zero attached hydrogens (tertiary/aromatic N) is 2. The molecule has 0 radical (unpaired) electrons. The Kier molecular flexibility index (Phi) is 3.31. The van der Waals surface area contributed by atoms with Gasteiger partial charge in [-0.15, -0.1) is 0 Å². The Morgan fingerprint density at radius 3 is 2.81 bits per heavy atom. The van der Waals surface area contributed by atoms with Gasteiger partial charge in [0.15, 0.2) is 5.15 Å². The highest BCUT2D eigenvalue weighted by atomic mass is 35.5. The summed E-state index contributed by atoms with van der Waals surface area (Å²) in [5.41, 5.74) is 0.462. The van der Waals surface area contributed by atoms with Crippen LogP contribution in [-0.4, -0.2) is 9.97 Å². The summed E-state index contributed by atoms with van der Waals surface area (Å²) in [6.45, 7) is 0.0989. The smallest absolute Gasteiger partial charge is 0.234 e. The maximum Gasteiger partial charge on any atom is 0.234 e. The van der Waals surface area contributed by atoms with E-state index >= 15 is 0 Å². The fourth-order valence-electron chi connectivity index (χ4n) is 1.16. The van der Waals surface area contributed by atoms with Gasteiger partial charge in [0.25, 0.3) is 0 Å². The number of ether oxygens (including phenoxy) is 1. The first-order valence-electron chi connectivity index (χ1n) is 4.59. The molecule has 82 valence electrons. The first kappa shape index (κ1) is 10.8. The Labute approximate surface area is 96.9 Å². The molecule has 2 aromatic rings. The van der Waals surface area contributed by atoms with Gasteiger partial charge in [-0.1, -0.05) is 29.8 Å². The van der Waals surface area contributed by atoms with Crippen LogP contribution in [0.25, 0.3) is 0 Å². The Balaban J connectivity index is 2.05. The molecule has 1 heterocycles. The monoisotopic (exact) mass is 238 g/mol. The van der Waals surface area contributed by atoms with Crippen LogP contribution in [-0.2, 0) is 6.61 Å². The minimum Gasteiger partial charge on any atom is -0.472 e. The van der Waals surface area contributed by atoms with E-state index in [4.69, 9.17) is 16.3 Å². The van der Waals surface area contributed by atoms with Gasteiger partial charge in [-0.05, 0) is 6.07 Å². The largest absolute Gasteiger partial charge is 0.472 e. The van der Waals surface area contributed by atoms with Crippen molar-refractivity contribution >= 4 is 11.6 Å². The van der Waals surface area contributed by atoms with Crippen molar-refractivity contribution in [2.75, 3.05) is 0 Å². The molecule has 16 heavy (non-hydrogen) atoms. The van der Waals surface area contributed by atoms with E-state index in [2.05, 4.69) is 9.97 Å². The van der Waals surface area contributed by atoms with Crippen molar-refractivity contribution in [1.29, 1.82) is 0 Å². The molecule has 3 nitrogen and oxygen atoms in total. The van der Waals surface area contributed by atoms with E-state index in [0.717, 1.165) is 0 Å². The van der Waals surface area contributed by atoms with Crippen LogP contribution in [0.5, 0.6) is 5.88 Å². The highest BCUT2D eigenvalue weighted by Crippen LogP contribution is 2.13. The topological polar surface area (TPSA) is 35.0 Å². The number of hydrogen-bond acceptors (Lipinski definition) is 3. The van der Waals surface area contributed by atoms with E-state index in [-0.39, 0.29) is 23.5 Å². The molecule has 0 spiro atoms. The van der Waals surface area contributed by atoms with Gasteiger partial charge in [-0.25, -0.2) is 4.39 Å². The second kappa shape index (κ2) is 4.90. The molecule has 0 aliphatic rings. The SMILES string of the molecule is Fc1ccccc1COc1cncc(Cl)n1. The van der Waals surface area contributed by atoms with E-state index in [1.165, 1.54) is 18.5 Å². The number of benzene rings is 1. The average Bonchev–Trinajstić information content (AvgIpc) is 2.28. The molecule has 0 fully saturated rings. The maximum atomic E-state index is 13.2. The summed E-state index contributed by atoms with van der Waals surface area (Å²) in [4.78, 5) is 7.68. The molecule has 1 aromatic heterocycles. The highest BCUT2D eigenvalue weighted by molar-refractivity contribution is 6.29. The van der Waals surface area contributed by atoms with Crippen molar-refractivity contribution in [3.8, 4) is 5.88 Å². The van der Waals surface area contributed by atoms with Crippen LogP contribution in [0.2, 0.25) is 5.15 Å². The van der Waals surface area contributed by atoms with Gasteiger partial charge in [-0.3, -0.25) is 4.98 Å². The normalized spacial score (nSPS) is 10.1. The van der Waals surface area contributed by atoms with Gasteiger partial charge in [0.1, 0.15) is 12.4 Å². The molecule has 0 amide bonds. The summed E-state index contributed by atoms with van der Waals surface area (Å²) in [6, 6.07) is 6.39. The minimum absolute atomic E-state index is 0.0989. The molecule has 0 unspecified atom stereocenters. The summed E-state index contributed by atoms with van der Waals surface area (Å²) < 4.78 is 18.5. The first-order valence-corrected chi connectivity index (χ1v) is 4.97. The van der Waals surface area contributed by atoms with E-state index < -0.39 is 0 Å². The summed E-state index contributed by atoms with van der Waals surface area (Å²) in [6.07, 6.45) is 2.82. The highest BCUT2D eigenvalue weighted by Gasteiger charge is 2.02. The molecule has 2 rings (SSSR count). The second-order valence-electron chi connectivity index (χ2n) is 3.06. The van der Waals surface area contributed by atoms with Crippen molar-refractivity contribution in [2.24, 2.45) is 0 Å². The molecular formula is C11H8ClFN2O.